The number of methoxy groups -OCH3 is 1. The molecule has 6 heterocycles. The molecule has 0 aliphatic carbocycles. The number of aromatic amines is 2. The van der Waals surface area contributed by atoms with Crippen molar-refractivity contribution in [3.63, 3.8) is 0 Å². The van der Waals surface area contributed by atoms with Gasteiger partial charge in [0, 0.05) is 29.3 Å². The Kier molecular flexibility index (Phi) is 10.6. The Bertz CT molecular complexity index is 2470. The lowest BCUT2D eigenvalue weighted by molar-refractivity contribution is -0.135. The van der Waals surface area contributed by atoms with Crippen LogP contribution in [0.1, 0.15) is 87.7 Å². The minimum atomic E-state index is -1.16. The van der Waals surface area contributed by atoms with E-state index in [1.807, 2.05) is 49.7 Å². The summed E-state index contributed by atoms with van der Waals surface area (Å²) in [6, 6.07) is 10.8. The lowest BCUT2D eigenvalue weighted by Gasteiger charge is -2.30. The molecule has 2 aliphatic heterocycles. The molecule has 0 radical (unpaired) electrons. The average molecular weight is 810 g/mol. The zero-order chi connectivity index (χ0) is 40.9. The highest BCUT2D eigenvalue weighted by Gasteiger charge is 2.35. The van der Waals surface area contributed by atoms with Crippen LogP contribution in [0.2, 0.25) is 0 Å². The van der Waals surface area contributed by atoms with Crippen molar-refractivity contribution in [1.82, 2.24) is 45.0 Å². The minimum Gasteiger partial charge on any atom is -0.464 e. The van der Waals surface area contributed by atoms with E-state index in [0.717, 1.165) is 52.2 Å². The number of benzene rings is 2. The third-order valence-corrected chi connectivity index (χ3v) is 12.0. The Morgan fingerprint density at radius 2 is 1.90 bits per heavy atom. The van der Waals surface area contributed by atoms with Crippen LogP contribution in [0.15, 0.2) is 55.0 Å². The number of hydrogen-bond donors (Lipinski definition) is 5. The Labute approximate surface area is 339 Å². The summed E-state index contributed by atoms with van der Waals surface area (Å²) in [6.45, 7) is 10.6. The van der Waals surface area contributed by atoms with E-state index in [1.54, 1.807) is 37.2 Å². The summed E-state index contributed by atoms with van der Waals surface area (Å²) in [6.07, 6.45) is 6.62. The maximum atomic E-state index is 16.6. The van der Waals surface area contributed by atoms with E-state index in [2.05, 4.69) is 41.6 Å². The molecular formula is C42H48FN9O5S. The van der Waals surface area contributed by atoms with Gasteiger partial charge in [0.1, 0.15) is 39.9 Å². The second kappa shape index (κ2) is 15.6. The Morgan fingerprint density at radius 3 is 2.60 bits per heavy atom. The van der Waals surface area contributed by atoms with Crippen LogP contribution in [-0.2, 0) is 21.7 Å². The van der Waals surface area contributed by atoms with Gasteiger partial charge in [0.15, 0.2) is 0 Å². The summed E-state index contributed by atoms with van der Waals surface area (Å²) >= 11 is 1.34. The number of aliphatic hydroxyl groups is 1. The number of rotatable bonds is 12. The van der Waals surface area contributed by atoms with Crippen molar-refractivity contribution in [3.8, 4) is 39.5 Å². The standard InChI is InChI=1S/C42H48FN9O5S/c1-7-13-51(38(53)36(22(2)3)50-41(54)56-6)21-34-45-18-29(48-34)24-15-26(43)35-31-16-25-14-23(28-19-46-37(49-28)27-9-8-12-44-27)10-11-30(25)52(31)39(57-32(35)17-24)33-20-47-40(58-33)42(4,5)55/h10-11,14-20,22,27,36,39,44,55H,7-9,12-13,21H2,1-6H3,(H,45,48)(H,46,49)(H,50,54)/t27?,36-,39?/m0/s1. The first-order valence-electron chi connectivity index (χ1n) is 19.6. The first kappa shape index (κ1) is 39.3. The van der Waals surface area contributed by atoms with E-state index >= 15 is 4.39 Å². The molecule has 0 spiro atoms. The topological polar surface area (TPSA) is 175 Å². The fourth-order valence-electron chi connectivity index (χ4n) is 7.75. The maximum absolute atomic E-state index is 16.6. The number of ether oxygens (including phenoxy) is 2. The van der Waals surface area contributed by atoms with Crippen molar-refractivity contribution >= 4 is 34.2 Å². The lowest BCUT2D eigenvalue weighted by atomic mass is 10.0. The first-order chi connectivity index (χ1) is 27.8. The minimum absolute atomic E-state index is 0.152. The normalized spacial score (nSPS) is 16.9. The monoisotopic (exact) mass is 809 g/mol. The van der Waals surface area contributed by atoms with E-state index in [4.69, 9.17) is 9.47 Å². The number of fused-ring (bicyclic) bond motifs is 5. The Hall–Kier alpha value is -5.58. The van der Waals surface area contributed by atoms with Gasteiger partial charge in [-0.05, 0) is 75.9 Å². The van der Waals surface area contributed by atoms with Gasteiger partial charge in [-0.3, -0.25) is 9.36 Å². The van der Waals surface area contributed by atoms with Gasteiger partial charge < -0.3 is 40.1 Å². The molecule has 0 saturated carbocycles. The van der Waals surface area contributed by atoms with Gasteiger partial charge in [0.25, 0.3) is 0 Å². The van der Waals surface area contributed by atoms with Crippen LogP contribution in [0.25, 0.3) is 44.7 Å². The molecule has 1 fully saturated rings. The predicted molar refractivity (Wildman–Crippen MR) is 218 cm³/mol. The summed E-state index contributed by atoms with van der Waals surface area (Å²) < 4.78 is 30.1. The number of imidazole rings is 2. The van der Waals surface area contributed by atoms with Gasteiger partial charge >= 0.3 is 6.09 Å². The summed E-state index contributed by atoms with van der Waals surface area (Å²) in [5, 5.41) is 18.4. The number of nitrogens with one attached hydrogen (secondary N) is 4. The van der Waals surface area contributed by atoms with Crippen LogP contribution < -0.4 is 15.4 Å². The quantitative estimate of drug-likeness (QED) is 0.0844. The van der Waals surface area contributed by atoms with E-state index in [0.29, 0.717) is 52.1 Å². The van der Waals surface area contributed by atoms with Crippen molar-refractivity contribution < 1.29 is 28.6 Å². The molecule has 8 rings (SSSR count). The van der Waals surface area contributed by atoms with Crippen LogP contribution in [-0.4, -0.2) is 77.7 Å². The van der Waals surface area contributed by atoms with Gasteiger partial charge in [0.2, 0.25) is 12.1 Å². The fourth-order valence-corrected chi connectivity index (χ4v) is 8.69. The number of aromatic nitrogens is 6. The number of amides is 2. The highest BCUT2D eigenvalue weighted by Crippen LogP contribution is 2.48. The molecule has 304 valence electrons. The van der Waals surface area contributed by atoms with Crippen LogP contribution in [0.5, 0.6) is 5.75 Å². The zero-order valence-corrected chi connectivity index (χ0v) is 34.2. The largest absolute Gasteiger partial charge is 0.464 e. The summed E-state index contributed by atoms with van der Waals surface area (Å²) in [5.41, 5.74) is 3.54. The Morgan fingerprint density at radius 1 is 1.10 bits per heavy atom. The van der Waals surface area contributed by atoms with Gasteiger partial charge in [-0.25, -0.2) is 24.1 Å². The molecule has 58 heavy (non-hydrogen) atoms. The van der Waals surface area contributed by atoms with Crippen molar-refractivity contribution in [2.75, 3.05) is 20.2 Å². The van der Waals surface area contributed by atoms with Crippen LogP contribution >= 0.6 is 11.3 Å². The van der Waals surface area contributed by atoms with E-state index in [-0.39, 0.29) is 24.4 Å². The predicted octanol–water partition coefficient (Wildman–Crippen LogP) is 7.39. The lowest BCUT2D eigenvalue weighted by Crippen LogP contribution is -2.51. The molecule has 0 bridgehead atoms. The smallest absolute Gasteiger partial charge is 0.407 e. The number of halogens is 1. The highest BCUT2D eigenvalue weighted by atomic mass is 32.1. The number of thiazole rings is 1. The Balaban J connectivity index is 1.15. The summed E-state index contributed by atoms with van der Waals surface area (Å²) in [7, 11) is 1.26. The molecule has 16 heteroatoms. The number of carbonyl (C=O) groups excluding carboxylic acids is 2. The van der Waals surface area contributed by atoms with E-state index in [9.17, 15) is 14.7 Å². The number of carbonyl (C=O) groups is 2. The molecular weight excluding hydrogens is 762 g/mol. The van der Waals surface area contributed by atoms with Crippen LogP contribution in [0.3, 0.4) is 0 Å². The first-order valence-corrected chi connectivity index (χ1v) is 20.4. The molecule has 14 nitrogen and oxygen atoms in total. The third kappa shape index (κ3) is 7.47. The van der Waals surface area contributed by atoms with Gasteiger partial charge in [0.05, 0.1) is 65.1 Å². The number of H-pyrrole nitrogens is 2. The fraction of sp³-hybridized carbons (Fsp3) is 0.405. The zero-order valence-electron chi connectivity index (χ0n) is 33.4. The molecule has 3 atom stereocenters. The molecule has 2 aliphatic rings. The highest BCUT2D eigenvalue weighted by molar-refractivity contribution is 7.11. The molecule has 4 aromatic heterocycles. The van der Waals surface area contributed by atoms with E-state index in [1.165, 1.54) is 24.5 Å². The second-order valence-corrected chi connectivity index (χ2v) is 16.9. The average Bonchev–Trinajstić information content (AvgIpc) is 4.04. The van der Waals surface area contributed by atoms with Crippen molar-refractivity contribution in [3.05, 3.63) is 82.3 Å². The van der Waals surface area contributed by atoms with Crippen molar-refractivity contribution in [2.45, 2.75) is 84.3 Å². The molecule has 2 aromatic carbocycles. The molecule has 6 aromatic rings. The van der Waals surface area contributed by atoms with Crippen LogP contribution in [0.4, 0.5) is 9.18 Å². The molecule has 5 N–H and O–H groups in total. The van der Waals surface area contributed by atoms with Crippen molar-refractivity contribution in [1.29, 1.82) is 0 Å². The maximum Gasteiger partial charge on any atom is 0.407 e. The summed E-state index contributed by atoms with van der Waals surface area (Å²) in [5.74, 6) is 0.832. The third-order valence-electron chi connectivity index (χ3n) is 10.7. The molecule has 2 amide bonds. The molecule has 2 unspecified atom stereocenters. The number of hydrogen-bond acceptors (Lipinski definition) is 10. The van der Waals surface area contributed by atoms with E-state index < -0.39 is 29.8 Å². The second-order valence-electron chi connectivity index (χ2n) is 15.8. The molecule has 1 saturated heterocycles. The number of alkyl carbamates (subject to hydrolysis) is 1. The van der Waals surface area contributed by atoms with Gasteiger partial charge in [-0.1, -0.05) is 26.8 Å². The van der Waals surface area contributed by atoms with Gasteiger partial charge in [-0.15, -0.1) is 11.3 Å². The van der Waals surface area contributed by atoms with Gasteiger partial charge in [-0.2, -0.15) is 0 Å². The SMILES string of the molecule is CCCN(Cc1ncc(-c2cc(F)c3c(c2)OC(c2cnc(C(C)(C)O)s2)n2c-3cc3cc(-c4cnc(C5CCCN5)[nH]4)ccc32)[nH]1)C(=O)[C@@H](NC(=O)OC)C(C)C. The summed E-state index contributed by atoms with van der Waals surface area (Å²) in [4.78, 5) is 48.6. The van der Waals surface area contributed by atoms with Crippen LogP contribution in [0, 0.1) is 11.7 Å². The number of nitrogens with zero attached hydrogens (tertiary/aromatic N) is 5. The van der Waals surface area contributed by atoms with Crippen molar-refractivity contribution in [2.24, 2.45) is 5.92 Å².